The Hall–Kier alpha value is -3.94. The molecule has 1 heterocycles. The summed E-state index contributed by atoms with van der Waals surface area (Å²) in [4.78, 5) is 40.3. The summed E-state index contributed by atoms with van der Waals surface area (Å²) >= 11 is 0. The van der Waals surface area contributed by atoms with Gasteiger partial charge in [0.05, 0.1) is 18.4 Å². The third-order valence-electron chi connectivity index (χ3n) is 3.95. The van der Waals surface area contributed by atoms with Crippen LogP contribution in [0.15, 0.2) is 59.0 Å². The molecule has 0 fully saturated rings. The molecule has 0 atom stereocenters. The third-order valence-corrected chi connectivity index (χ3v) is 3.95. The molecule has 0 spiro atoms. The van der Waals surface area contributed by atoms with E-state index in [0.717, 1.165) is 0 Å². The molecule has 1 N–H and O–H groups in total. The molecule has 148 valence electrons. The van der Waals surface area contributed by atoms with E-state index < -0.39 is 24.5 Å². The molecule has 29 heavy (non-hydrogen) atoms. The molecule has 0 saturated heterocycles. The molecule has 0 radical (unpaired) electrons. The Morgan fingerprint density at radius 1 is 1.00 bits per heavy atom. The highest BCUT2D eigenvalue weighted by atomic mass is 16.5. The molecule has 3 rings (SSSR count). The number of benzene rings is 2. The normalized spacial score (nSPS) is 10.3. The topological polar surface area (TPSA) is 108 Å². The van der Waals surface area contributed by atoms with Gasteiger partial charge in [-0.05, 0) is 31.2 Å². The summed E-state index contributed by atoms with van der Waals surface area (Å²) in [7, 11) is 1.24. The van der Waals surface area contributed by atoms with Gasteiger partial charge in [0, 0.05) is 5.56 Å². The summed E-state index contributed by atoms with van der Waals surface area (Å²) in [6, 6.07) is 15.4. The SMILES string of the molecule is COC(=O)c1ccccc1NC(=O)COC(=O)c1nc(-c2ccccc2)oc1C. The number of hydrogen-bond acceptors (Lipinski definition) is 7. The highest BCUT2D eigenvalue weighted by Crippen LogP contribution is 2.22. The highest BCUT2D eigenvalue weighted by molar-refractivity contribution is 6.02. The Morgan fingerprint density at radius 2 is 1.69 bits per heavy atom. The van der Waals surface area contributed by atoms with Gasteiger partial charge in [-0.1, -0.05) is 30.3 Å². The number of amides is 1. The maximum Gasteiger partial charge on any atom is 0.361 e. The average Bonchev–Trinajstić information content (AvgIpc) is 3.14. The lowest BCUT2D eigenvalue weighted by molar-refractivity contribution is -0.119. The van der Waals surface area contributed by atoms with Crippen molar-refractivity contribution < 1.29 is 28.3 Å². The molecule has 8 nitrogen and oxygen atoms in total. The summed E-state index contributed by atoms with van der Waals surface area (Å²) in [6.45, 7) is 1.03. The van der Waals surface area contributed by atoms with Crippen LogP contribution in [0.1, 0.15) is 26.6 Å². The fourth-order valence-electron chi connectivity index (χ4n) is 2.56. The van der Waals surface area contributed by atoms with Crippen LogP contribution in [0.5, 0.6) is 0 Å². The Balaban J connectivity index is 1.64. The minimum atomic E-state index is -0.787. The van der Waals surface area contributed by atoms with Gasteiger partial charge in [0.1, 0.15) is 5.76 Å². The lowest BCUT2D eigenvalue weighted by Gasteiger charge is -2.09. The van der Waals surface area contributed by atoms with E-state index in [9.17, 15) is 14.4 Å². The monoisotopic (exact) mass is 394 g/mol. The van der Waals surface area contributed by atoms with Crippen LogP contribution in [0.2, 0.25) is 0 Å². The molecule has 0 aliphatic heterocycles. The number of carbonyl (C=O) groups is 3. The van der Waals surface area contributed by atoms with E-state index in [0.29, 0.717) is 5.56 Å². The summed E-state index contributed by atoms with van der Waals surface area (Å²) < 4.78 is 15.2. The lowest BCUT2D eigenvalue weighted by Crippen LogP contribution is -2.22. The fraction of sp³-hybridized carbons (Fsp3) is 0.143. The summed E-state index contributed by atoms with van der Waals surface area (Å²) in [5.74, 6) is -1.43. The number of aryl methyl sites for hydroxylation is 1. The molecule has 2 aromatic carbocycles. The van der Waals surface area contributed by atoms with Crippen molar-refractivity contribution in [3.05, 3.63) is 71.6 Å². The quantitative estimate of drug-likeness (QED) is 0.640. The summed E-state index contributed by atoms with van der Waals surface area (Å²) in [5.41, 5.74) is 1.15. The van der Waals surface area contributed by atoms with Crippen LogP contribution in [-0.2, 0) is 14.3 Å². The van der Waals surface area contributed by atoms with Crippen molar-refractivity contribution in [3.8, 4) is 11.5 Å². The van der Waals surface area contributed by atoms with Crippen LogP contribution in [0.3, 0.4) is 0 Å². The van der Waals surface area contributed by atoms with Crippen molar-refractivity contribution in [3.63, 3.8) is 0 Å². The molecule has 0 aliphatic carbocycles. The van der Waals surface area contributed by atoms with Gasteiger partial charge in [0.25, 0.3) is 5.91 Å². The van der Waals surface area contributed by atoms with E-state index in [4.69, 9.17) is 9.15 Å². The highest BCUT2D eigenvalue weighted by Gasteiger charge is 2.21. The van der Waals surface area contributed by atoms with Gasteiger partial charge in [0.2, 0.25) is 5.89 Å². The number of esters is 2. The Labute approximate surface area is 166 Å². The van der Waals surface area contributed by atoms with Crippen molar-refractivity contribution in [1.29, 1.82) is 0 Å². The first kappa shape index (κ1) is 19.8. The van der Waals surface area contributed by atoms with Crippen LogP contribution in [0.4, 0.5) is 5.69 Å². The molecule has 0 aliphatic rings. The second-order valence-electron chi connectivity index (χ2n) is 5.95. The summed E-state index contributed by atoms with van der Waals surface area (Å²) in [5, 5.41) is 2.52. The van der Waals surface area contributed by atoms with Crippen molar-refractivity contribution >= 4 is 23.5 Å². The Kier molecular flexibility index (Phi) is 6.03. The molecule has 8 heteroatoms. The van der Waals surface area contributed by atoms with Crippen LogP contribution in [-0.4, -0.2) is 36.5 Å². The summed E-state index contributed by atoms with van der Waals surface area (Å²) in [6.07, 6.45) is 0. The van der Waals surface area contributed by atoms with Gasteiger partial charge < -0.3 is 19.2 Å². The zero-order chi connectivity index (χ0) is 20.8. The van der Waals surface area contributed by atoms with Crippen LogP contribution >= 0.6 is 0 Å². The van der Waals surface area contributed by atoms with Crippen molar-refractivity contribution in [1.82, 2.24) is 4.98 Å². The van der Waals surface area contributed by atoms with Crippen molar-refractivity contribution in [2.24, 2.45) is 0 Å². The third kappa shape index (κ3) is 4.67. The zero-order valence-corrected chi connectivity index (χ0v) is 15.8. The predicted octanol–water partition coefficient (Wildman–Crippen LogP) is 3.23. The van der Waals surface area contributed by atoms with Gasteiger partial charge in [-0.2, -0.15) is 0 Å². The van der Waals surface area contributed by atoms with E-state index in [-0.39, 0.29) is 28.6 Å². The fourth-order valence-corrected chi connectivity index (χ4v) is 2.56. The molecule has 0 saturated carbocycles. The maximum atomic E-state index is 12.3. The van der Waals surface area contributed by atoms with E-state index in [1.54, 1.807) is 37.3 Å². The van der Waals surface area contributed by atoms with Crippen LogP contribution in [0, 0.1) is 6.92 Å². The number of carbonyl (C=O) groups excluding carboxylic acids is 3. The van der Waals surface area contributed by atoms with E-state index in [1.807, 2.05) is 18.2 Å². The zero-order valence-electron chi connectivity index (χ0n) is 15.8. The number of nitrogens with zero attached hydrogens (tertiary/aromatic N) is 1. The minimum Gasteiger partial charge on any atom is -0.465 e. The molecular weight excluding hydrogens is 376 g/mol. The lowest BCUT2D eigenvalue weighted by atomic mass is 10.2. The van der Waals surface area contributed by atoms with Crippen LogP contribution in [0.25, 0.3) is 11.5 Å². The maximum absolute atomic E-state index is 12.3. The largest absolute Gasteiger partial charge is 0.465 e. The number of aromatic nitrogens is 1. The second kappa shape index (κ2) is 8.83. The molecule has 0 bridgehead atoms. The average molecular weight is 394 g/mol. The van der Waals surface area contributed by atoms with Gasteiger partial charge in [-0.3, -0.25) is 4.79 Å². The van der Waals surface area contributed by atoms with E-state index in [2.05, 4.69) is 15.0 Å². The number of rotatable bonds is 6. The molecule has 1 amide bonds. The first-order valence-corrected chi connectivity index (χ1v) is 8.66. The first-order valence-electron chi connectivity index (χ1n) is 8.66. The van der Waals surface area contributed by atoms with Crippen LogP contribution < -0.4 is 5.32 Å². The molecule has 0 unspecified atom stereocenters. The van der Waals surface area contributed by atoms with Gasteiger partial charge in [0.15, 0.2) is 12.3 Å². The molecule has 3 aromatic rings. The van der Waals surface area contributed by atoms with Crippen molar-refractivity contribution in [2.45, 2.75) is 6.92 Å². The standard InChI is InChI=1S/C21H18N2O6/c1-13-18(23-19(29-13)14-8-4-3-5-9-14)21(26)28-12-17(24)22-16-11-7-6-10-15(16)20(25)27-2/h3-11H,12H2,1-2H3,(H,22,24). The number of anilines is 1. The minimum absolute atomic E-state index is 0.00776. The van der Waals surface area contributed by atoms with Gasteiger partial charge >= 0.3 is 11.9 Å². The second-order valence-corrected chi connectivity index (χ2v) is 5.95. The number of hydrogen-bond donors (Lipinski definition) is 1. The van der Waals surface area contributed by atoms with Gasteiger partial charge in [-0.15, -0.1) is 0 Å². The van der Waals surface area contributed by atoms with Gasteiger partial charge in [-0.25, -0.2) is 14.6 Å². The molecular formula is C21H18N2O6. The number of methoxy groups -OCH3 is 1. The number of ether oxygens (including phenoxy) is 2. The number of para-hydroxylation sites is 1. The first-order chi connectivity index (χ1) is 14.0. The van der Waals surface area contributed by atoms with E-state index in [1.165, 1.54) is 13.2 Å². The van der Waals surface area contributed by atoms with Crippen molar-refractivity contribution in [2.75, 3.05) is 19.0 Å². The Morgan fingerprint density at radius 3 is 2.41 bits per heavy atom. The number of nitrogens with one attached hydrogen (secondary N) is 1. The molecule has 1 aromatic heterocycles. The smallest absolute Gasteiger partial charge is 0.361 e. The number of oxazole rings is 1. The van der Waals surface area contributed by atoms with E-state index >= 15 is 0 Å². The predicted molar refractivity (Wildman–Crippen MR) is 103 cm³/mol. The Bertz CT molecular complexity index is 1040.